The Hall–Kier alpha value is -2.66. The standard InChI is InChI=1S/C23H28N2O3/c1-4-25-16-23(2,3)28-22(27)20(25)14-21(26)24-15-17-9-8-12-19(13-17)18-10-6-5-7-11-18/h5-13,20H,4,14-16H2,1-3H3,(H,24,26). The molecule has 1 aliphatic rings. The Morgan fingerprint density at radius 3 is 2.57 bits per heavy atom. The monoisotopic (exact) mass is 380 g/mol. The molecule has 28 heavy (non-hydrogen) atoms. The molecule has 2 aromatic carbocycles. The quantitative estimate of drug-likeness (QED) is 0.781. The Labute approximate surface area is 166 Å². The van der Waals surface area contributed by atoms with Crippen molar-refractivity contribution < 1.29 is 14.3 Å². The molecule has 3 rings (SSSR count). The van der Waals surface area contributed by atoms with Crippen molar-refractivity contribution in [3.63, 3.8) is 0 Å². The summed E-state index contributed by atoms with van der Waals surface area (Å²) in [5.41, 5.74) is 2.76. The van der Waals surface area contributed by atoms with Gasteiger partial charge in [-0.15, -0.1) is 0 Å². The summed E-state index contributed by atoms with van der Waals surface area (Å²) in [6.45, 7) is 7.54. The van der Waals surface area contributed by atoms with Crippen LogP contribution in [0.15, 0.2) is 54.6 Å². The summed E-state index contributed by atoms with van der Waals surface area (Å²) in [6.07, 6.45) is 0.112. The van der Waals surface area contributed by atoms with Crippen molar-refractivity contribution in [2.45, 2.75) is 45.4 Å². The van der Waals surface area contributed by atoms with Crippen LogP contribution in [0.25, 0.3) is 11.1 Å². The van der Waals surface area contributed by atoms with Gasteiger partial charge in [-0.2, -0.15) is 0 Å². The minimum absolute atomic E-state index is 0.112. The summed E-state index contributed by atoms with van der Waals surface area (Å²) in [5, 5.41) is 2.94. The summed E-state index contributed by atoms with van der Waals surface area (Å²) < 4.78 is 5.49. The van der Waals surface area contributed by atoms with Gasteiger partial charge in [0.15, 0.2) is 0 Å². The Morgan fingerprint density at radius 1 is 1.14 bits per heavy atom. The second kappa shape index (κ2) is 8.57. The number of nitrogens with zero attached hydrogens (tertiary/aromatic N) is 1. The number of nitrogens with one attached hydrogen (secondary N) is 1. The van der Waals surface area contributed by atoms with E-state index in [4.69, 9.17) is 4.74 Å². The Balaban J connectivity index is 1.59. The number of cyclic esters (lactones) is 1. The number of benzene rings is 2. The van der Waals surface area contributed by atoms with Gasteiger partial charge in [0.05, 0.1) is 6.42 Å². The maximum absolute atomic E-state index is 12.5. The first-order valence-electron chi connectivity index (χ1n) is 9.76. The molecular formula is C23H28N2O3. The largest absolute Gasteiger partial charge is 0.457 e. The van der Waals surface area contributed by atoms with E-state index in [0.717, 1.165) is 16.7 Å². The number of amides is 1. The number of likely N-dealkylation sites (N-methyl/N-ethyl adjacent to an activating group) is 1. The highest BCUT2D eigenvalue weighted by Crippen LogP contribution is 2.23. The third-order valence-corrected chi connectivity index (χ3v) is 4.98. The smallest absolute Gasteiger partial charge is 0.324 e. The van der Waals surface area contributed by atoms with Crippen molar-refractivity contribution in [3.05, 3.63) is 60.2 Å². The molecule has 1 amide bonds. The molecule has 0 bridgehead atoms. The summed E-state index contributed by atoms with van der Waals surface area (Å²) in [6, 6.07) is 17.7. The molecular weight excluding hydrogens is 352 g/mol. The van der Waals surface area contributed by atoms with Crippen LogP contribution in [0.5, 0.6) is 0 Å². The number of carbonyl (C=O) groups is 2. The average Bonchev–Trinajstić information content (AvgIpc) is 2.68. The van der Waals surface area contributed by atoms with Gasteiger partial charge in [-0.1, -0.05) is 55.5 Å². The van der Waals surface area contributed by atoms with Crippen LogP contribution in [0.1, 0.15) is 32.8 Å². The highest BCUT2D eigenvalue weighted by molar-refractivity contribution is 5.86. The van der Waals surface area contributed by atoms with Crippen molar-refractivity contribution in [2.75, 3.05) is 13.1 Å². The van der Waals surface area contributed by atoms with Gasteiger partial charge in [0.25, 0.3) is 0 Å². The molecule has 1 heterocycles. The van der Waals surface area contributed by atoms with Crippen molar-refractivity contribution in [3.8, 4) is 11.1 Å². The zero-order valence-electron chi connectivity index (χ0n) is 16.8. The first-order valence-corrected chi connectivity index (χ1v) is 9.76. The molecule has 1 fully saturated rings. The van der Waals surface area contributed by atoms with Crippen LogP contribution in [0.4, 0.5) is 0 Å². The molecule has 0 radical (unpaired) electrons. The fourth-order valence-corrected chi connectivity index (χ4v) is 3.61. The molecule has 0 aromatic heterocycles. The first kappa shape index (κ1) is 20.1. The lowest BCUT2D eigenvalue weighted by atomic mass is 10.0. The van der Waals surface area contributed by atoms with E-state index >= 15 is 0 Å². The lowest BCUT2D eigenvalue weighted by Gasteiger charge is -2.41. The van der Waals surface area contributed by atoms with Crippen molar-refractivity contribution in [1.82, 2.24) is 10.2 Å². The molecule has 2 aromatic rings. The number of hydrogen-bond acceptors (Lipinski definition) is 4. The summed E-state index contributed by atoms with van der Waals surface area (Å²) >= 11 is 0. The van der Waals surface area contributed by atoms with E-state index in [0.29, 0.717) is 19.6 Å². The van der Waals surface area contributed by atoms with E-state index in [1.165, 1.54) is 0 Å². The molecule has 1 unspecified atom stereocenters. The number of ether oxygens (including phenoxy) is 1. The lowest BCUT2D eigenvalue weighted by Crippen LogP contribution is -2.57. The van der Waals surface area contributed by atoms with E-state index in [2.05, 4.69) is 29.6 Å². The van der Waals surface area contributed by atoms with Crippen LogP contribution in [-0.4, -0.2) is 41.5 Å². The van der Waals surface area contributed by atoms with Crippen molar-refractivity contribution >= 4 is 11.9 Å². The number of hydrogen-bond donors (Lipinski definition) is 1. The summed E-state index contributed by atoms with van der Waals surface area (Å²) in [4.78, 5) is 26.8. The average molecular weight is 380 g/mol. The van der Waals surface area contributed by atoms with E-state index in [1.807, 2.05) is 56.0 Å². The number of rotatable bonds is 6. The van der Waals surface area contributed by atoms with Gasteiger partial charge in [-0.3, -0.25) is 14.5 Å². The molecule has 148 valence electrons. The van der Waals surface area contributed by atoms with Crippen LogP contribution in [-0.2, 0) is 20.9 Å². The van der Waals surface area contributed by atoms with E-state index in [9.17, 15) is 9.59 Å². The summed E-state index contributed by atoms with van der Waals surface area (Å²) in [7, 11) is 0. The second-order valence-electron chi connectivity index (χ2n) is 7.81. The molecule has 1 N–H and O–H groups in total. The van der Waals surface area contributed by atoms with Crippen LogP contribution >= 0.6 is 0 Å². The van der Waals surface area contributed by atoms with Crippen LogP contribution in [0, 0.1) is 0 Å². The maximum atomic E-state index is 12.5. The normalized spacial score (nSPS) is 19.1. The lowest BCUT2D eigenvalue weighted by molar-refractivity contribution is -0.178. The highest BCUT2D eigenvalue weighted by atomic mass is 16.6. The number of esters is 1. The topological polar surface area (TPSA) is 58.6 Å². The minimum Gasteiger partial charge on any atom is -0.457 e. The zero-order valence-corrected chi connectivity index (χ0v) is 16.8. The zero-order chi connectivity index (χ0) is 20.1. The van der Waals surface area contributed by atoms with E-state index < -0.39 is 11.6 Å². The third kappa shape index (κ3) is 4.98. The van der Waals surface area contributed by atoms with Crippen LogP contribution < -0.4 is 5.32 Å². The Kier molecular flexibility index (Phi) is 6.15. The van der Waals surface area contributed by atoms with Gasteiger partial charge in [-0.25, -0.2) is 0 Å². The third-order valence-electron chi connectivity index (χ3n) is 4.98. The summed E-state index contributed by atoms with van der Waals surface area (Å²) in [5.74, 6) is -0.468. The molecule has 1 saturated heterocycles. The van der Waals surface area contributed by atoms with Crippen LogP contribution in [0.3, 0.4) is 0 Å². The molecule has 1 atom stereocenters. The molecule has 0 spiro atoms. The molecule has 5 nitrogen and oxygen atoms in total. The Morgan fingerprint density at radius 2 is 1.86 bits per heavy atom. The minimum atomic E-state index is -0.520. The molecule has 5 heteroatoms. The van der Waals surface area contributed by atoms with Crippen LogP contribution in [0.2, 0.25) is 0 Å². The number of morpholine rings is 1. The fraction of sp³-hybridized carbons (Fsp3) is 0.391. The Bertz CT molecular complexity index is 833. The molecule has 0 aliphatic carbocycles. The highest BCUT2D eigenvalue weighted by Gasteiger charge is 2.40. The van der Waals surface area contributed by atoms with Crippen molar-refractivity contribution in [1.29, 1.82) is 0 Å². The SMILES string of the molecule is CCN1CC(C)(C)OC(=O)C1CC(=O)NCc1cccc(-c2ccccc2)c1. The maximum Gasteiger partial charge on any atom is 0.324 e. The fourth-order valence-electron chi connectivity index (χ4n) is 3.61. The van der Waals surface area contributed by atoms with Gasteiger partial charge in [-0.05, 0) is 43.1 Å². The second-order valence-corrected chi connectivity index (χ2v) is 7.81. The van der Waals surface area contributed by atoms with Gasteiger partial charge < -0.3 is 10.1 Å². The molecule has 0 saturated carbocycles. The van der Waals surface area contributed by atoms with E-state index in [-0.39, 0.29) is 18.3 Å². The van der Waals surface area contributed by atoms with Gasteiger partial charge >= 0.3 is 5.97 Å². The molecule has 1 aliphatic heterocycles. The van der Waals surface area contributed by atoms with Gasteiger partial charge in [0.2, 0.25) is 5.91 Å². The predicted molar refractivity (Wildman–Crippen MR) is 110 cm³/mol. The first-order chi connectivity index (χ1) is 13.4. The van der Waals surface area contributed by atoms with Gasteiger partial charge in [0, 0.05) is 13.1 Å². The number of carbonyl (C=O) groups excluding carboxylic acids is 2. The van der Waals surface area contributed by atoms with E-state index in [1.54, 1.807) is 0 Å². The van der Waals surface area contributed by atoms with Gasteiger partial charge in [0.1, 0.15) is 11.6 Å². The van der Waals surface area contributed by atoms with Crippen molar-refractivity contribution in [2.24, 2.45) is 0 Å². The predicted octanol–water partition coefficient (Wildman–Crippen LogP) is 3.39.